The zero-order valence-corrected chi connectivity index (χ0v) is 12.1. The fourth-order valence-electron chi connectivity index (χ4n) is 1.93. The van der Waals surface area contributed by atoms with E-state index in [2.05, 4.69) is 5.16 Å². The van der Waals surface area contributed by atoms with E-state index < -0.39 is 0 Å². The number of rotatable bonds is 6. The van der Waals surface area contributed by atoms with E-state index in [4.69, 9.17) is 19.7 Å². The fraction of sp³-hybridized carbons (Fsp3) is 0.400. The van der Waals surface area contributed by atoms with Crippen LogP contribution >= 0.6 is 0 Å². The number of aromatic nitrogens is 1. The molecule has 1 heterocycles. The lowest BCUT2D eigenvalue weighted by Gasteiger charge is -2.14. The minimum Gasteiger partial charge on any atom is -0.487 e. The highest BCUT2D eigenvalue weighted by Gasteiger charge is 2.10. The van der Waals surface area contributed by atoms with Crippen molar-refractivity contribution in [3.8, 4) is 5.75 Å². The molecule has 0 saturated carbocycles. The molecule has 0 aliphatic heterocycles. The molecule has 2 aromatic rings. The Balaban J connectivity index is 2.07. The Bertz CT molecular complexity index is 564. The van der Waals surface area contributed by atoms with E-state index in [0.717, 1.165) is 22.6 Å². The van der Waals surface area contributed by atoms with Crippen LogP contribution in [-0.4, -0.2) is 12.3 Å². The van der Waals surface area contributed by atoms with Crippen LogP contribution in [0.25, 0.3) is 0 Å². The van der Waals surface area contributed by atoms with Crippen molar-refractivity contribution in [1.29, 1.82) is 0 Å². The first-order valence-corrected chi connectivity index (χ1v) is 6.52. The van der Waals surface area contributed by atoms with E-state index in [1.807, 2.05) is 38.1 Å². The molecular weight excluding hydrogens is 256 g/mol. The molecule has 0 amide bonds. The number of hydrogen-bond donors (Lipinski definition) is 1. The third kappa shape index (κ3) is 3.59. The van der Waals surface area contributed by atoms with Gasteiger partial charge >= 0.3 is 0 Å². The molecule has 5 nitrogen and oxygen atoms in total. The monoisotopic (exact) mass is 276 g/mol. The summed E-state index contributed by atoms with van der Waals surface area (Å²) < 4.78 is 15.9. The predicted molar refractivity (Wildman–Crippen MR) is 75.3 cm³/mol. The Morgan fingerprint density at radius 1 is 1.30 bits per heavy atom. The van der Waals surface area contributed by atoms with Crippen molar-refractivity contribution in [3.05, 3.63) is 46.8 Å². The zero-order chi connectivity index (χ0) is 14.5. The fourth-order valence-corrected chi connectivity index (χ4v) is 1.93. The van der Waals surface area contributed by atoms with Gasteiger partial charge in [-0.15, -0.1) is 0 Å². The van der Waals surface area contributed by atoms with Crippen LogP contribution in [0.2, 0.25) is 0 Å². The van der Waals surface area contributed by atoms with Crippen molar-refractivity contribution in [3.63, 3.8) is 0 Å². The van der Waals surface area contributed by atoms with Gasteiger partial charge in [-0.2, -0.15) is 0 Å². The molecule has 0 saturated heterocycles. The van der Waals surface area contributed by atoms with Gasteiger partial charge in [0.2, 0.25) is 0 Å². The van der Waals surface area contributed by atoms with Crippen LogP contribution in [0.1, 0.15) is 35.5 Å². The summed E-state index contributed by atoms with van der Waals surface area (Å²) in [5.74, 6) is 1.47. The first kappa shape index (κ1) is 14.6. The largest absolute Gasteiger partial charge is 0.487 e. The average molecular weight is 276 g/mol. The van der Waals surface area contributed by atoms with Crippen LogP contribution in [0.15, 0.2) is 28.8 Å². The Kier molecular flexibility index (Phi) is 4.76. The maximum absolute atomic E-state index is 5.95. The topological polar surface area (TPSA) is 70.5 Å². The van der Waals surface area contributed by atoms with E-state index in [9.17, 15) is 0 Å². The summed E-state index contributed by atoms with van der Waals surface area (Å²) in [4.78, 5) is 0. The molecule has 1 aromatic heterocycles. The van der Waals surface area contributed by atoms with E-state index in [0.29, 0.717) is 19.0 Å². The lowest BCUT2D eigenvalue weighted by molar-refractivity contribution is 0.155. The van der Waals surface area contributed by atoms with Crippen LogP contribution in [0.4, 0.5) is 0 Å². The van der Waals surface area contributed by atoms with Crippen molar-refractivity contribution < 1.29 is 14.0 Å². The summed E-state index contributed by atoms with van der Waals surface area (Å²) in [7, 11) is 1.61. The predicted octanol–water partition coefficient (Wildman–Crippen LogP) is 2.73. The average Bonchev–Trinajstić information content (AvgIpc) is 2.84. The Morgan fingerprint density at radius 2 is 2.10 bits per heavy atom. The molecule has 2 N–H and O–H groups in total. The molecule has 0 radical (unpaired) electrons. The van der Waals surface area contributed by atoms with Crippen LogP contribution < -0.4 is 10.5 Å². The number of ether oxygens (including phenoxy) is 2. The number of aryl methyl sites for hydroxylation is 1. The van der Waals surface area contributed by atoms with Crippen LogP contribution in [0, 0.1) is 6.92 Å². The number of nitrogens with two attached hydrogens (primary N) is 1. The van der Waals surface area contributed by atoms with Gasteiger partial charge < -0.3 is 19.7 Å². The van der Waals surface area contributed by atoms with E-state index >= 15 is 0 Å². The third-order valence-corrected chi connectivity index (χ3v) is 2.93. The molecule has 1 unspecified atom stereocenters. The number of methoxy groups -OCH3 is 1. The molecule has 108 valence electrons. The Labute approximate surface area is 118 Å². The lowest BCUT2D eigenvalue weighted by Crippen LogP contribution is -2.08. The quantitative estimate of drug-likeness (QED) is 0.878. The smallest absolute Gasteiger partial charge is 0.162 e. The van der Waals surface area contributed by atoms with Crippen molar-refractivity contribution in [1.82, 2.24) is 5.16 Å². The van der Waals surface area contributed by atoms with E-state index in [-0.39, 0.29) is 6.04 Å². The summed E-state index contributed by atoms with van der Waals surface area (Å²) >= 11 is 0. The highest BCUT2D eigenvalue weighted by Crippen LogP contribution is 2.26. The molecule has 0 aliphatic carbocycles. The summed E-state index contributed by atoms with van der Waals surface area (Å²) in [5, 5.41) is 3.94. The zero-order valence-electron chi connectivity index (χ0n) is 12.1. The second-order valence-corrected chi connectivity index (χ2v) is 4.84. The van der Waals surface area contributed by atoms with Crippen molar-refractivity contribution in [2.75, 3.05) is 7.11 Å². The Morgan fingerprint density at radius 3 is 2.80 bits per heavy atom. The first-order valence-electron chi connectivity index (χ1n) is 6.52. The van der Waals surface area contributed by atoms with Crippen molar-refractivity contribution >= 4 is 0 Å². The molecule has 5 heteroatoms. The SMILES string of the molecule is COCc1cc(COc2cc(C)ccc2C(C)N)no1. The summed E-state index contributed by atoms with van der Waals surface area (Å²) in [6.07, 6.45) is 0. The van der Waals surface area contributed by atoms with Crippen LogP contribution in [0.5, 0.6) is 5.75 Å². The first-order chi connectivity index (χ1) is 9.60. The van der Waals surface area contributed by atoms with Gasteiger partial charge in [-0.3, -0.25) is 0 Å². The molecule has 0 fully saturated rings. The Hall–Kier alpha value is -1.85. The molecular formula is C15H20N2O3. The minimum absolute atomic E-state index is 0.0769. The van der Waals surface area contributed by atoms with Gasteiger partial charge in [-0.05, 0) is 25.5 Å². The van der Waals surface area contributed by atoms with Crippen molar-refractivity contribution in [2.24, 2.45) is 5.73 Å². The third-order valence-electron chi connectivity index (χ3n) is 2.93. The van der Waals surface area contributed by atoms with Gasteiger partial charge in [0, 0.05) is 24.8 Å². The second-order valence-electron chi connectivity index (χ2n) is 4.84. The molecule has 1 atom stereocenters. The molecule has 1 aromatic carbocycles. The normalized spacial score (nSPS) is 12.4. The van der Waals surface area contributed by atoms with E-state index in [1.54, 1.807) is 7.11 Å². The van der Waals surface area contributed by atoms with Gasteiger partial charge in [0.25, 0.3) is 0 Å². The highest BCUT2D eigenvalue weighted by atomic mass is 16.5. The summed E-state index contributed by atoms with van der Waals surface area (Å²) in [6.45, 7) is 4.70. The summed E-state index contributed by atoms with van der Waals surface area (Å²) in [6, 6.07) is 7.75. The van der Waals surface area contributed by atoms with Crippen molar-refractivity contribution in [2.45, 2.75) is 33.1 Å². The molecule has 20 heavy (non-hydrogen) atoms. The summed E-state index contributed by atoms with van der Waals surface area (Å²) in [5.41, 5.74) is 8.79. The van der Waals surface area contributed by atoms with Gasteiger partial charge in [-0.1, -0.05) is 17.3 Å². The van der Waals surface area contributed by atoms with Crippen LogP contribution in [0.3, 0.4) is 0 Å². The van der Waals surface area contributed by atoms with Gasteiger partial charge in [-0.25, -0.2) is 0 Å². The number of nitrogens with zero attached hydrogens (tertiary/aromatic N) is 1. The highest BCUT2D eigenvalue weighted by molar-refractivity contribution is 5.39. The maximum Gasteiger partial charge on any atom is 0.162 e. The number of hydrogen-bond acceptors (Lipinski definition) is 5. The van der Waals surface area contributed by atoms with Crippen LogP contribution in [-0.2, 0) is 18.0 Å². The lowest BCUT2D eigenvalue weighted by atomic mass is 10.1. The van der Waals surface area contributed by atoms with Gasteiger partial charge in [0.15, 0.2) is 5.76 Å². The second kappa shape index (κ2) is 6.54. The molecule has 0 bridgehead atoms. The molecule has 0 aliphatic rings. The minimum atomic E-state index is -0.0769. The molecule has 0 spiro atoms. The van der Waals surface area contributed by atoms with Gasteiger partial charge in [0.05, 0.1) is 0 Å². The standard InChI is InChI=1S/C15H20N2O3/c1-10-4-5-14(11(2)16)15(6-10)19-8-12-7-13(9-18-3)20-17-12/h4-7,11H,8-9,16H2,1-3H3. The van der Waals surface area contributed by atoms with Gasteiger partial charge in [0.1, 0.15) is 24.7 Å². The maximum atomic E-state index is 5.95. The van der Waals surface area contributed by atoms with E-state index in [1.165, 1.54) is 0 Å². The number of benzene rings is 1. The molecule has 2 rings (SSSR count).